The third kappa shape index (κ3) is 7.97. The number of carboxylic acids is 1. The largest absolute Gasteiger partial charge is 0.481 e. The number of nitrogens with zero attached hydrogens (tertiary/aromatic N) is 1. The quantitative estimate of drug-likeness (QED) is 0.832. The van der Waals surface area contributed by atoms with Crippen molar-refractivity contribution in [2.24, 2.45) is 5.92 Å². The lowest BCUT2D eigenvalue weighted by atomic mass is 10.00. The van der Waals surface area contributed by atoms with Gasteiger partial charge >= 0.3 is 5.97 Å². The Bertz CT molecular complexity index is 235. The first-order chi connectivity index (χ1) is 7.72. The number of pyridine rings is 1. The van der Waals surface area contributed by atoms with Crippen LogP contribution in [0.2, 0.25) is 0 Å². The average molecular weight is 223 g/mol. The number of aromatic nitrogens is 1. The Morgan fingerprint density at radius 2 is 1.88 bits per heavy atom. The van der Waals surface area contributed by atoms with Crippen molar-refractivity contribution < 1.29 is 9.90 Å². The van der Waals surface area contributed by atoms with Crippen LogP contribution in [0.5, 0.6) is 0 Å². The first kappa shape index (κ1) is 14.6. The molecule has 1 rings (SSSR count). The highest BCUT2D eigenvalue weighted by Gasteiger charge is 2.12. The maximum Gasteiger partial charge on any atom is 0.306 e. The Hall–Kier alpha value is -1.38. The third-order valence-corrected chi connectivity index (χ3v) is 2.31. The molecule has 0 spiro atoms. The maximum atomic E-state index is 10.4. The van der Waals surface area contributed by atoms with Crippen molar-refractivity contribution in [1.29, 1.82) is 0 Å². The molecule has 3 heteroatoms. The summed E-state index contributed by atoms with van der Waals surface area (Å²) in [5, 5.41) is 8.60. The van der Waals surface area contributed by atoms with E-state index < -0.39 is 5.97 Å². The van der Waals surface area contributed by atoms with Crippen LogP contribution < -0.4 is 0 Å². The van der Waals surface area contributed by atoms with Crippen molar-refractivity contribution in [3.8, 4) is 0 Å². The van der Waals surface area contributed by atoms with Crippen LogP contribution in [0.25, 0.3) is 0 Å². The Balaban J connectivity index is 0.000000315. The molecule has 1 aromatic rings. The number of unbranched alkanes of at least 4 members (excludes halogenated alkanes) is 1. The van der Waals surface area contributed by atoms with E-state index in [1.807, 2.05) is 25.1 Å². The fourth-order valence-corrected chi connectivity index (χ4v) is 1.27. The van der Waals surface area contributed by atoms with E-state index >= 15 is 0 Å². The zero-order valence-corrected chi connectivity index (χ0v) is 10.1. The van der Waals surface area contributed by atoms with Crippen molar-refractivity contribution in [1.82, 2.24) is 4.98 Å². The van der Waals surface area contributed by atoms with Crippen LogP contribution in [0.4, 0.5) is 0 Å². The molecule has 0 radical (unpaired) electrons. The van der Waals surface area contributed by atoms with E-state index in [-0.39, 0.29) is 5.92 Å². The molecule has 1 unspecified atom stereocenters. The van der Waals surface area contributed by atoms with Gasteiger partial charge in [-0.15, -0.1) is 0 Å². The second kappa shape index (κ2) is 10.1. The Morgan fingerprint density at radius 1 is 1.25 bits per heavy atom. The maximum absolute atomic E-state index is 10.4. The molecule has 0 saturated carbocycles. The molecule has 0 aliphatic heterocycles. The number of hydrogen-bond acceptors (Lipinski definition) is 2. The molecule has 0 aromatic carbocycles. The fourth-order valence-electron chi connectivity index (χ4n) is 1.27. The summed E-state index contributed by atoms with van der Waals surface area (Å²) >= 11 is 0. The number of carbonyl (C=O) groups is 1. The van der Waals surface area contributed by atoms with E-state index in [9.17, 15) is 4.79 Å². The molecule has 1 aromatic heterocycles. The van der Waals surface area contributed by atoms with Crippen LogP contribution >= 0.6 is 0 Å². The monoisotopic (exact) mass is 223 g/mol. The van der Waals surface area contributed by atoms with Gasteiger partial charge in [0.15, 0.2) is 0 Å². The van der Waals surface area contributed by atoms with Gasteiger partial charge < -0.3 is 5.11 Å². The van der Waals surface area contributed by atoms with Crippen molar-refractivity contribution in [3.05, 3.63) is 30.6 Å². The summed E-state index contributed by atoms with van der Waals surface area (Å²) in [5.41, 5.74) is 0. The molecule has 1 N–H and O–H groups in total. The van der Waals surface area contributed by atoms with Crippen LogP contribution in [0, 0.1) is 5.92 Å². The van der Waals surface area contributed by atoms with Crippen molar-refractivity contribution in [2.45, 2.75) is 39.5 Å². The number of rotatable bonds is 5. The van der Waals surface area contributed by atoms with E-state index in [1.54, 1.807) is 12.4 Å². The second-order valence-corrected chi connectivity index (χ2v) is 3.61. The highest BCUT2D eigenvalue weighted by atomic mass is 16.4. The standard InChI is InChI=1S/C8H16O2.C5H5N/c1-3-5-6-7(4-2)8(9)10;1-2-4-6-5-3-1/h7H,3-6H2,1-2H3,(H,9,10);1-5H. The highest BCUT2D eigenvalue weighted by molar-refractivity contribution is 5.69. The lowest BCUT2D eigenvalue weighted by molar-refractivity contribution is -0.142. The van der Waals surface area contributed by atoms with Gasteiger partial charge in [0.25, 0.3) is 0 Å². The van der Waals surface area contributed by atoms with Gasteiger partial charge in [-0.1, -0.05) is 32.8 Å². The normalized spacial score (nSPS) is 11.1. The van der Waals surface area contributed by atoms with Gasteiger partial charge in [0.05, 0.1) is 5.92 Å². The van der Waals surface area contributed by atoms with Crippen LogP contribution in [0.15, 0.2) is 30.6 Å². The van der Waals surface area contributed by atoms with E-state index in [1.165, 1.54) is 0 Å². The summed E-state index contributed by atoms with van der Waals surface area (Å²) in [6.07, 6.45) is 7.21. The molecular weight excluding hydrogens is 202 g/mol. The minimum absolute atomic E-state index is 0.111. The zero-order chi connectivity index (χ0) is 12.2. The van der Waals surface area contributed by atoms with Crippen LogP contribution in [0.1, 0.15) is 39.5 Å². The first-order valence-electron chi connectivity index (χ1n) is 5.80. The number of carboxylic acid groups (broad SMARTS) is 1. The van der Waals surface area contributed by atoms with E-state index in [2.05, 4.69) is 11.9 Å². The fraction of sp³-hybridized carbons (Fsp3) is 0.538. The molecule has 0 fully saturated rings. The van der Waals surface area contributed by atoms with E-state index in [4.69, 9.17) is 5.11 Å². The van der Waals surface area contributed by atoms with Crippen LogP contribution in [0.3, 0.4) is 0 Å². The lowest BCUT2D eigenvalue weighted by Crippen LogP contribution is -2.11. The van der Waals surface area contributed by atoms with Crippen LogP contribution in [-0.2, 0) is 4.79 Å². The Kier molecular flexibility index (Phi) is 9.27. The SMILES string of the molecule is CCCCC(CC)C(=O)O.c1ccncc1. The van der Waals surface area contributed by atoms with Crippen molar-refractivity contribution in [3.63, 3.8) is 0 Å². The van der Waals surface area contributed by atoms with Crippen LogP contribution in [-0.4, -0.2) is 16.1 Å². The summed E-state index contributed by atoms with van der Waals surface area (Å²) < 4.78 is 0. The van der Waals surface area contributed by atoms with E-state index in [0.717, 1.165) is 25.7 Å². The van der Waals surface area contributed by atoms with Gasteiger partial charge in [0.2, 0.25) is 0 Å². The van der Waals surface area contributed by atoms with Crippen molar-refractivity contribution >= 4 is 5.97 Å². The zero-order valence-electron chi connectivity index (χ0n) is 10.1. The predicted molar refractivity (Wildman–Crippen MR) is 65.2 cm³/mol. The summed E-state index contributed by atoms with van der Waals surface area (Å²) in [6.45, 7) is 4.00. The molecule has 0 aliphatic rings. The van der Waals surface area contributed by atoms with Crippen molar-refractivity contribution in [2.75, 3.05) is 0 Å². The van der Waals surface area contributed by atoms with Gasteiger partial charge in [-0.2, -0.15) is 0 Å². The summed E-state index contributed by atoms with van der Waals surface area (Å²) in [7, 11) is 0. The molecular formula is C13H21NO2. The molecule has 0 saturated heterocycles. The Labute approximate surface area is 97.5 Å². The van der Waals surface area contributed by atoms with Gasteiger partial charge in [-0.05, 0) is 25.0 Å². The molecule has 0 aliphatic carbocycles. The lowest BCUT2D eigenvalue weighted by Gasteiger charge is -2.06. The molecule has 90 valence electrons. The van der Waals surface area contributed by atoms with Gasteiger partial charge in [-0.3, -0.25) is 9.78 Å². The molecule has 0 amide bonds. The number of aliphatic carboxylic acids is 1. The molecule has 3 nitrogen and oxygen atoms in total. The average Bonchev–Trinajstić information content (AvgIpc) is 2.33. The Morgan fingerprint density at radius 3 is 2.12 bits per heavy atom. The third-order valence-electron chi connectivity index (χ3n) is 2.31. The summed E-state index contributed by atoms with van der Waals surface area (Å²) in [4.78, 5) is 14.2. The molecule has 0 bridgehead atoms. The molecule has 1 heterocycles. The minimum Gasteiger partial charge on any atom is -0.481 e. The molecule has 16 heavy (non-hydrogen) atoms. The topological polar surface area (TPSA) is 50.2 Å². The second-order valence-electron chi connectivity index (χ2n) is 3.61. The van der Waals surface area contributed by atoms with Gasteiger partial charge in [0, 0.05) is 12.4 Å². The smallest absolute Gasteiger partial charge is 0.306 e. The number of hydrogen-bond donors (Lipinski definition) is 1. The summed E-state index contributed by atoms with van der Waals surface area (Å²) in [5.74, 6) is -0.754. The van der Waals surface area contributed by atoms with Gasteiger partial charge in [0.1, 0.15) is 0 Å². The minimum atomic E-state index is -0.643. The first-order valence-corrected chi connectivity index (χ1v) is 5.80. The van der Waals surface area contributed by atoms with E-state index in [0.29, 0.717) is 0 Å². The van der Waals surface area contributed by atoms with Gasteiger partial charge in [-0.25, -0.2) is 0 Å². The highest BCUT2D eigenvalue weighted by Crippen LogP contribution is 2.11. The molecule has 1 atom stereocenters. The predicted octanol–water partition coefficient (Wildman–Crippen LogP) is 3.37. The summed E-state index contributed by atoms with van der Waals surface area (Å²) in [6, 6.07) is 5.72.